The molecule has 2 aromatic carbocycles. The SMILES string of the molecule is [2H]c1c[n+]([O-])cc([2H])c1C(=O)c1cc(Cl)ccc1NS(=O)(=O)c1ccc(C(C)(C)C)cc1. The van der Waals surface area contributed by atoms with E-state index < -0.39 is 27.9 Å². The standard InChI is InChI=1S/C22H21ClN2O4S/c1-22(2,3)16-4-7-18(8-5-16)30(28,29)24-20-9-6-17(23)14-19(20)21(26)15-10-12-25(27)13-11-15/h4-14,24H,1-3H3/i10D,11D. The number of anilines is 1. The number of carbonyl (C=O) groups is 1. The van der Waals surface area contributed by atoms with Crippen molar-refractivity contribution in [2.75, 3.05) is 4.72 Å². The van der Waals surface area contributed by atoms with Crippen molar-refractivity contribution >= 4 is 33.1 Å². The third-order valence-electron chi connectivity index (χ3n) is 4.40. The number of hydrogen-bond donors (Lipinski definition) is 1. The fourth-order valence-electron chi connectivity index (χ4n) is 2.73. The predicted molar refractivity (Wildman–Crippen MR) is 116 cm³/mol. The van der Waals surface area contributed by atoms with Gasteiger partial charge in [0, 0.05) is 28.2 Å². The lowest BCUT2D eigenvalue weighted by Gasteiger charge is -2.19. The molecule has 3 rings (SSSR count). The van der Waals surface area contributed by atoms with Crippen LogP contribution in [-0.4, -0.2) is 14.2 Å². The van der Waals surface area contributed by atoms with Crippen LogP contribution in [-0.2, 0) is 15.4 Å². The molecule has 0 aliphatic rings. The van der Waals surface area contributed by atoms with Crippen LogP contribution in [0.1, 0.15) is 45.0 Å². The summed E-state index contributed by atoms with van der Waals surface area (Å²) in [5.41, 5.74) is 0.277. The minimum absolute atomic E-state index is 0.00770. The maximum Gasteiger partial charge on any atom is 0.261 e. The minimum atomic E-state index is -4.05. The van der Waals surface area contributed by atoms with Crippen molar-refractivity contribution in [1.29, 1.82) is 0 Å². The maximum atomic E-state index is 13.1. The van der Waals surface area contributed by atoms with Gasteiger partial charge in [0.2, 0.25) is 0 Å². The normalized spacial score (nSPS) is 12.8. The summed E-state index contributed by atoms with van der Waals surface area (Å²) in [6.45, 7) is 6.04. The lowest BCUT2D eigenvalue weighted by atomic mass is 9.87. The van der Waals surface area contributed by atoms with E-state index in [0.29, 0.717) is 0 Å². The molecule has 0 unspecified atom stereocenters. The Bertz CT molecular complexity index is 1280. The molecule has 0 bridgehead atoms. The van der Waals surface area contributed by atoms with Crippen molar-refractivity contribution in [2.45, 2.75) is 31.1 Å². The van der Waals surface area contributed by atoms with Gasteiger partial charge in [0.05, 0.1) is 13.3 Å². The van der Waals surface area contributed by atoms with Gasteiger partial charge in [-0.3, -0.25) is 9.52 Å². The molecule has 0 aliphatic carbocycles. The summed E-state index contributed by atoms with van der Waals surface area (Å²) in [4.78, 5) is 13.1. The van der Waals surface area contributed by atoms with Crippen molar-refractivity contribution in [3.63, 3.8) is 0 Å². The molecule has 0 aliphatic heterocycles. The van der Waals surface area contributed by atoms with Gasteiger partial charge >= 0.3 is 0 Å². The molecule has 30 heavy (non-hydrogen) atoms. The van der Waals surface area contributed by atoms with Gasteiger partial charge in [0.15, 0.2) is 18.2 Å². The molecule has 1 N–H and O–H groups in total. The number of ketones is 1. The van der Waals surface area contributed by atoms with Crippen LogP contribution in [0.5, 0.6) is 0 Å². The first-order chi connectivity index (χ1) is 14.8. The molecular weight excluding hydrogens is 424 g/mol. The molecule has 6 nitrogen and oxygen atoms in total. The summed E-state index contributed by atoms with van der Waals surface area (Å²) in [6, 6.07) is 9.50. The van der Waals surface area contributed by atoms with Crippen LogP contribution in [0.4, 0.5) is 5.69 Å². The topological polar surface area (TPSA) is 90.2 Å². The molecule has 0 fully saturated rings. The number of hydrogen-bond acceptors (Lipinski definition) is 4. The average Bonchev–Trinajstić information content (AvgIpc) is 2.67. The zero-order valence-electron chi connectivity index (χ0n) is 18.6. The second-order valence-corrected chi connectivity index (χ2v) is 9.80. The molecule has 0 spiro atoms. The zero-order chi connectivity index (χ0) is 23.8. The first-order valence-electron chi connectivity index (χ1n) is 9.97. The van der Waals surface area contributed by atoms with E-state index in [0.717, 1.165) is 18.0 Å². The Morgan fingerprint density at radius 3 is 2.27 bits per heavy atom. The van der Waals surface area contributed by atoms with E-state index in [1.54, 1.807) is 12.1 Å². The Morgan fingerprint density at radius 2 is 1.70 bits per heavy atom. The van der Waals surface area contributed by atoms with E-state index in [1.165, 1.54) is 30.3 Å². The third-order valence-corrected chi connectivity index (χ3v) is 6.02. The summed E-state index contributed by atoms with van der Waals surface area (Å²) in [7, 11) is -4.05. The summed E-state index contributed by atoms with van der Waals surface area (Å²) in [5.74, 6) is -0.802. The lowest BCUT2D eigenvalue weighted by Crippen LogP contribution is -2.24. The van der Waals surface area contributed by atoms with Gasteiger partial charge in [0.25, 0.3) is 10.0 Å². The van der Waals surface area contributed by atoms with E-state index in [9.17, 15) is 18.4 Å². The smallest absolute Gasteiger partial charge is 0.261 e. The average molecular weight is 447 g/mol. The van der Waals surface area contributed by atoms with Crippen molar-refractivity contribution in [1.82, 2.24) is 0 Å². The van der Waals surface area contributed by atoms with Gasteiger partial charge in [-0.15, -0.1) is 0 Å². The second-order valence-electron chi connectivity index (χ2n) is 7.68. The minimum Gasteiger partial charge on any atom is -0.619 e. The van der Waals surface area contributed by atoms with Gasteiger partial charge in [-0.25, -0.2) is 8.42 Å². The Kier molecular flexibility index (Phi) is 5.14. The highest BCUT2D eigenvalue weighted by Crippen LogP contribution is 2.27. The van der Waals surface area contributed by atoms with Gasteiger partial charge in [-0.1, -0.05) is 44.5 Å². The number of benzene rings is 2. The first kappa shape index (κ1) is 19.1. The Morgan fingerprint density at radius 1 is 1.10 bits per heavy atom. The van der Waals surface area contributed by atoms with Crippen molar-refractivity contribution in [3.8, 4) is 0 Å². The van der Waals surface area contributed by atoms with Gasteiger partial charge in [-0.05, 0) is 41.3 Å². The van der Waals surface area contributed by atoms with Crippen molar-refractivity contribution in [3.05, 3.63) is 93.9 Å². The number of sulfonamides is 1. The summed E-state index contributed by atoms with van der Waals surface area (Å²) < 4.78 is 44.4. The molecule has 156 valence electrons. The largest absolute Gasteiger partial charge is 0.619 e. The summed E-state index contributed by atoms with van der Waals surface area (Å²) >= 11 is 6.02. The predicted octanol–water partition coefficient (Wildman–Crippen LogP) is 4.30. The van der Waals surface area contributed by atoms with Crippen LogP contribution in [0.25, 0.3) is 0 Å². The molecule has 0 radical (unpaired) electrons. The van der Waals surface area contributed by atoms with Crippen LogP contribution in [0.2, 0.25) is 5.02 Å². The van der Waals surface area contributed by atoms with E-state index in [1.807, 2.05) is 20.8 Å². The quantitative estimate of drug-likeness (QED) is 0.359. The molecule has 0 atom stereocenters. The van der Waals surface area contributed by atoms with Crippen LogP contribution in [0, 0.1) is 5.21 Å². The number of pyridine rings is 1. The third kappa shape index (κ3) is 4.80. The molecule has 0 saturated carbocycles. The second kappa shape index (κ2) is 8.08. The molecule has 1 aromatic heterocycles. The van der Waals surface area contributed by atoms with Gasteiger partial charge in [-0.2, -0.15) is 4.73 Å². The van der Waals surface area contributed by atoms with Crippen molar-refractivity contribution < 1.29 is 20.7 Å². The summed E-state index contributed by atoms with van der Waals surface area (Å²) in [6.07, 6.45) is 1.69. The Hall–Kier alpha value is -2.90. The molecular formula is C22H21ClN2O4S. The highest BCUT2D eigenvalue weighted by Gasteiger charge is 2.21. The van der Waals surface area contributed by atoms with Gasteiger partial charge < -0.3 is 5.21 Å². The van der Waals surface area contributed by atoms with E-state index in [4.69, 9.17) is 14.3 Å². The molecule has 1 heterocycles. The first-order valence-corrected chi connectivity index (χ1v) is 10.8. The highest BCUT2D eigenvalue weighted by atomic mass is 35.5. The Balaban J connectivity index is 2.03. The summed E-state index contributed by atoms with van der Waals surface area (Å²) in [5, 5.41) is 11.6. The zero-order valence-corrected chi connectivity index (χ0v) is 18.1. The molecule has 0 amide bonds. The lowest BCUT2D eigenvalue weighted by molar-refractivity contribution is -0.605. The maximum absolute atomic E-state index is 13.1. The van der Waals surface area contributed by atoms with Crippen molar-refractivity contribution in [2.24, 2.45) is 0 Å². The fraction of sp³-hybridized carbons (Fsp3) is 0.182. The van der Waals surface area contributed by atoms with Gasteiger partial charge in [0.1, 0.15) is 0 Å². The highest BCUT2D eigenvalue weighted by molar-refractivity contribution is 7.92. The van der Waals surface area contributed by atoms with E-state index >= 15 is 0 Å². The number of halogens is 1. The van der Waals surface area contributed by atoms with Crippen LogP contribution in [0.15, 0.2) is 71.8 Å². The molecule has 8 heteroatoms. The van der Waals surface area contributed by atoms with E-state index in [-0.39, 0.29) is 36.9 Å². The monoisotopic (exact) mass is 446 g/mol. The Labute approximate surface area is 183 Å². The number of aromatic nitrogens is 1. The molecule has 0 saturated heterocycles. The number of carbonyl (C=O) groups excluding carboxylic acids is 1. The number of rotatable bonds is 5. The fourth-order valence-corrected chi connectivity index (χ4v) is 3.98. The van der Waals surface area contributed by atoms with Crippen LogP contribution < -0.4 is 9.45 Å². The number of nitrogens with zero attached hydrogens (tertiary/aromatic N) is 1. The van der Waals surface area contributed by atoms with E-state index in [2.05, 4.69) is 4.72 Å². The number of nitrogens with one attached hydrogen (secondary N) is 1. The molecule has 3 aromatic rings. The van der Waals surface area contributed by atoms with Crippen LogP contribution in [0.3, 0.4) is 0 Å². The van der Waals surface area contributed by atoms with Crippen LogP contribution >= 0.6 is 11.6 Å².